The van der Waals surface area contributed by atoms with Crippen LogP contribution in [0.4, 0.5) is 10.1 Å². The van der Waals surface area contributed by atoms with Crippen LogP contribution in [0.2, 0.25) is 0 Å². The Morgan fingerprint density at radius 3 is 2.35 bits per heavy atom. The van der Waals surface area contributed by atoms with Gasteiger partial charge in [0.05, 0.1) is 17.3 Å². The van der Waals surface area contributed by atoms with E-state index >= 15 is 0 Å². The number of rotatable bonds is 7. The van der Waals surface area contributed by atoms with Crippen LogP contribution in [-0.2, 0) is 4.79 Å². The summed E-state index contributed by atoms with van der Waals surface area (Å²) in [5, 5.41) is 8.99. The molecule has 0 radical (unpaired) electrons. The van der Waals surface area contributed by atoms with Crippen molar-refractivity contribution in [3.05, 3.63) is 64.5 Å². The Morgan fingerprint density at radius 2 is 1.81 bits per heavy atom. The molecular weight excluding hydrogens is 353 g/mol. The predicted octanol–water partition coefficient (Wildman–Crippen LogP) is 3.68. The molecule has 2 aromatic carbocycles. The molecule has 0 saturated carbocycles. The van der Waals surface area contributed by atoms with Crippen LogP contribution < -0.4 is 16.2 Å². The van der Waals surface area contributed by atoms with E-state index in [2.05, 4.69) is 4.72 Å². The third-order valence-corrected chi connectivity index (χ3v) is 5.23. The summed E-state index contributed by atoms with van der Waals surface area (Å²) in [7, 11) is 0. The highest BCUT2D eigenvalue weighted by molar-refractivity contribution is 7.97. The Morgan fingerprint density at radius 1 is 1.23 bits per heavy atom. The summed E-state index contributed by atoms with van der Waals surface area (Å²) in [6, 6.07) is 10.1. The van der Waals surface area contributed by atoms with Gasteiger partial charge in [-0.2, -0.15) is 0 Å². The van der Waals surface area contributed by atoms with Crippen molar-refractivity contribution in [2.24, 2.45) is 11.7 Å². The number of nitrogens with two attached hydrogens (primary N) is 2. The van der Waals surface area contributed by atoms with Gasteiger partial charge >= 0.3 is 5.97 Å². The molecule has 6 N–H and O–H groups in total. The topological polar surface area (TPSA) is 101 Å². The Labute approximate surface area is 157 Å². The molecule has 0 amide bonds. The first kappa shape index (κ1) is 20.2. The number of carboxylic acid groups (broad SMARTS) is 1. The summed E-state index contributed by atoms with van der Waals surface area (Å²) in [6.07, 6.45) is 0. The smallest absolute Gasteiger partial charge is 0.308 e. The molecule has 5 nitrogen and oxygen atoms in total. The Kier molecular flexibility index (Phi) is 6.63. The van der Waals surface area contributed by atoms with Gasteiger partial charge in [-0.25, -0.2) is 4.39 Å². The number of aryl methyl sites for hydroxylation is 2. The Balaban J connectivity index is 2.26. The molecule has 0 spiro atoms. The normalized spacial score (nSPS) is 14.7. The average Bonchev–Trinajstić information content (AvgIpc) is 2.59. The number of nitrogen functional groups attached to an aromatic ring is 1. The van der Waals surface area contributed by atoms with E-state index in [1.54, 1.807) is 39.0 Å². The van der Waals surface area contributed by atoms with Gasteiger partial charge < -0.3 is 16.6 Å². The minimum atomic E-state index is -0.949. The van der Waals surface area contributed by atoms with Crippen molar-refractivity contribution < 1.29 is 14.3 Å². The van der Waals surface area contributed by atoms with Crippen LogP contribution in [0.3, 0.4) is 0 Å². The number of nitrogens with one attached hydrogen (secondary N) is 1. The molecule has 2 rings (SSSR count). The predicted molar refractivity (Wildman–Crippen MR) is 104 cm³/mol. The molecular formula is C19H24FN3O2S. The van der Waals surface area contributed by atoms with Gasteiger partial charge in [-0.1, -0.05) is 49.2 Å². The summed E-state index contributed by atoms with van der Waals surface area (Å²) < 4.78 is 17.1. The average molecular weight is 377 g/mol. The SMILES string of the molecule is Cc1cc(C(NSC(N)c2ccccc2N)C(C)C(=O)O)cc(C)c1F. The molecule has 2 aromatic rings. The lowest BCUT2D eigenvalue weighted by atomic mass is 9.93. The van der Waals surface area contributed by atoms with Crippen molar-refractivity contribution >= 4 is 23.6 Å². The van der Waals surface area contributed by atoms with Crippen LogP contribution in [0.25, 0.3) is 0 Å². The van der Waals surface area contributed by atoms with Gasteiger partial charge in [0.15, 0.2) is 0 Å². The number of carbonyl (C=O) groups is 1. The maximum atomic E-state index is 13.9. The van der Waals surface area contributed by atoms with E-state index in [4.69, 9.17) is 11.5 Å². The molecule has 0 aliphatic heterocycles. The molecule has 0 aliphatic carbocycles. The molecule has 0 bridgehead atoms. The third kappa shape index (κ3) is 4.55. The lowest BCUT2D eigenvalue weighted by Gasteiger charge is -2.25. The fraction of sp³-hybridized carbons (Fsp3) is 0.316. The minimum Gasteiger partial charge on any atom is -0.481 e. The monoisotopic (exact) mass is 377 g/mol. The second-order valence-electron chi connectivity index (χ2n) is 6.36. The van der Waals surface area contributed by atoms with Crippen LogP contribution in [0.5, 0.6) is 0 Å². The van der Waals surface area contributed by atoms with Gasteiger partial charge in [0.1, 0.15) is 5.82 Å². The number of carboxylic acids is 1. The molecule has 0 aliphatic rings. The van der Waals surface area contributed by atoms with Gasteiger partial charge in [-0.3, -0.25) is 9.52 Å². The maximum Gasteiger partial charge on any atom is 0.308 e. The molecule has 140 valence electrons. The highest BCUT2D eigenvalue weighted by Gasteiger charge is 2.27. The first-order chi connectivity index (χ1) is 12.2. The van der Waals surface area contributed by atoms with E-state index < -0.39 is 23.3 Å². The number of hydrogen-bond donors (Lipinski definition) is 4. The largest absolute Gasteiger partial charge is 0.481 e. The van der Waals surface area contributed by atoms with E-state index in [-0.39, 0.29) is 5.82 Å². The third-order valence-electron chi connectivity index (χ3n) is 4.33. The molecule has 26 heavy (non-hydrogen) atoms. The van der Waals surface area contributed by atoms with Crippen molar-refractivity contribution in [2.75, 3.05) is 5.73 Å². The Bertz CT molecular complexity index is 777. The summed E-state index contributed by atoms with van der Waals surface area (Å²) >= 11 is 1.20. The lowest BCUT2D eigenvalue weighted by Crippen LogP contribution is -2.29. The summed E-state index contributed by atoms with van der Waals surface area (Å²) in [4.78, 5) is 11.5. The summed E-state index contributed by atoms with van der Waals surface area (Å²) in [5.41, 5.74) is 15.1. The van der Waals surface area contributed by atoms with Crippen molar-refractivity contribution in [3.8, 4) is 0 Å². The van der Waals surface area contributed by atoms with Crippen molar-refractivity contribution in [1.29, 1.82) is 0 Å². The van der Waals surface area contributed by atoms with E-state index in [1.165, 1.54) is 11.9 Å². The van der Waals surface area contributed by atoms with E-state index in [0.29, 0.717) is 22.4 Å². The van der Waals surface area contributed by atoms with Crippen LogP contribution >= 0.6 is 11.9 Å². The van der Waals surface area contributed by atoms with Crippen LogP contribution in [0.1, 0.15) is 40.6 Å². The zero-order chi connectivity index (χ0) is 19.4. The van der Waals surface area contributed by atoms with Crippen molar-refractivity contribution in [1.82, 2.24) is 4.72 Å². The second-order valence-corrected chi connectivity index (χ2v) is 7.34. The number of aliphatic carboxylic acids is 1. The highest BCUT2D eigenvalue weighted by atomic mass is 32.2. The van der Waals surface area contributed by atoms with Crippen molar-refractivity contribution in [2.45, 2.75) is 32.2 Å². The zero-order valence-corrected chi connectivity index (χ0v) is 15.8. The number of halogens is 1. The van der Waals surface area contributed by atoms with Crippen LogP contribution in [-0.4, -0.2) is 11.1 Å². The fourth-order valence-electron chi connectivity index (χ4n) is 2.74. The Hall–Kier alpha value is -2.09. The maximum absolute atomic E-state index is 13.9. The van der Waals surface area contributed by atoms with E-state index in [0.717, 1.165) is 5.56 Å². The first-order valence-corrected chi connectivity index (χ1v) is 9.11. The minimum absolute atomic E-state index is 0.281. The quantitative estimate of drug-likeness (QED) is 0.334. The number of hydrogen-bond acceptors (Lipinski definition) is 5. The number of para-hydroxylation sites is 1. The molecule has 3 unspecified atom stereocenters. The van der Waals surface area contributed by atoms with Gasteiger partial charge in [-0.05, 0) is 36.6 Å². The van der Waals surface area contributed by atoms with E-state index in [1.807, 2.05) is 18.2 Å². The van der Waals surface area contributed by atoms with Gasteiger partial charge in [0, 0.05) is 11.3 Å². The summed E-state index contributed by atoms with van der Waals surface area (Å²) in [6.45, 7) is 4.94. The lowest BCUT2D eigenvalue weighted by molar-refractivity contribution is -0.142. The van der Waals surface area contributed by atoms with Gasteiger partial charge in [-0.15, -0.1) is 0 Å². The van der Waals surface area contributed by atoms with E-state index in [9.17, 15) is 14.3 Å². The van der Waals surface area contributed by atoms with Gasteiger partial charge in [0.25, 0.3) is 0 Å². The van der Waals surface area contributed by atoms with Crippen LogP contribution in [0, 0.1) is 25.6 Å². The van der Waals surface area contributed by atoms with Crippen molar-refractivity contribution in [3.63, 3.8) is 0 Å². The summed E-state index contributed by atoms with van der Waals surface area (Å²) in [5.74, 6) is -1.96. The first-order valence-electron chi connectivity index (χ1n) is 8.23. The van der Waals surface area contributed by atoms with Gasteiger partial charge in [0.2, 0.25) is 0 Å². The van der Waals surface area contributed by atoms with Crippen LogP contribution in [0.15, 0.2) is 36.4 Å². The second kappa shape index (κ2) is 8.53. The standard InChI is InChI=1S/C19H24FN3O2S/c1-10-8-13(9-11(2)16(10)20)17(12(3)19(24)25)23-26-18(22)14-6-4-5-7-15(14)21/h4-9,12,17-18,23H,21-22H2,1-3H3,(H,24,25). The molecule has 3 atom stereocenters. The molecule has 0 saturated heterocycles. The highest BCUT2D eigenvalue weighted by Crippen LogP contribution is 2.32. The zero-order valence-electron chi connectivity index (χ0n) is 15.0. The molecule has 7 heteroatoms. The number of anilines is 1. The number of benzene rings is 2. The molecule has 0 aromatic heterocycles. The fourth-order valence-corrected chi connectivity index (χ4v) is 3.72. The molecule has 0 heterocycles. The molecule has 0 fully saturated rings.